The number of benzene rings is 2. The molecule has 1 aliphatic rings. The second-order valence-electron chi connectivity index (χ2n) is 6.93. The monoisotopic (exact) mass is 365 g/mol. The number of carbonyl (C=O) groups excluding carboxylic acids is 2. The lowest BCUT2D eigenvalue weighted by atomic mass is 10.1. The zero-order valence-electron chi connectivity index (χ0n) is 15.8. The first-order valence-electron chi connectivity index (χ1n) is 9.66. The van der Waals surface area contributed by atoms with Gasteiger partial charge < -0.3 is 10.6 Å². The molecule has 1 fully saturated rings. The molecule has 1 aliphatic heterocycles. The summed E-state index contributed by atoms with van der Waals surface area (Å²) in [6.07, 6.45) is 3.88. The van der Waals surface area contributed by atoms with Gasteiger partial charge in [0.25, 0.3) is 11.8 Å². The van der Waals surface area contributed by atoms with Crippen LogP contribution in [0.4, 0.5) is 5.69 Å². The highest BCUT2D eigenvalue weighted by Crippen LogP contribution is 2.15. The van der Waals surface area contributed by atoms with Crippen LogP contribution < -0.4 is 10.6 Å². The Hall–Kier alpha value is -2.66. The van der Waals surface area contributed by atoms with Crippen molar-refractivity contribution < 1.29 is 9.59 Å². The van der Waals surface area contributed by atoms with Gasteiger partial charge in [-0.15, -0.1) is 0 Å². The van der Waals surface area contributed by atoms with Gasteiger partial charge in [0.2, 0.25) is 0 Å². The lowest BCUT2D eigenvalue weighted by Gasteiger charge is -2.26. The molecular weight excluding hydrogens is 338 g/mol. The van der Waals surface area contributed by atoms with Crippen molar-refractivity contribution in [3.8, 4) is 0 Å². The Morgan fingerprint density at radius 2 is 1.67 bits per heavy atom. The van der Waals surface area contributed by atoms with Gasteiger partial charge in [-0.05, 0) is 68.8 Å². The Labute approximate surface area is 160 Å². The van der Waals surface area contributed by atoms with Crippen molar-refractivity contribution in [3.63, 3.8) is 0 Å². The molecule has 5 nitrogen and oxygen atoms in total. The highest BCUT2D eigenvalue weighted by molar-refractivity contribution is 6.05. The number of rotatable bonds is 6. The van der Waals surface area contributed by atoms with Crippen molar-refractivity contribution in [3.05, 3.63) is 65.2 Å². The number of anilines is 1. The Bertz CT molecular complexity index is 780. The number of nitrogens with zero attached hydrogens (tertiary/aromatic N) is 1. The number of piperidine rings is 1. The van der Waals surface area contributed by atoms with E-state index in [0.29, 0.717) is 23.4 Å². The van der Waals surface area contributed by atoms with E-state index in [-0.39, 0.29) is 11.8 Å². The van der Waals surface area contributed by atoms with Crippen molar-refractivity contribution in [2.75, 3.05) is 25.0 Å². The third-order valence-electron chi connectivity index (χ3n) is 4.79. The lowest BCUT2D eigenvalue weighted by molar-refractivity contribution is 0.0954. The molecule has 3 rings (SSSR count). The first-order chi connectivity index (χ1) is 13.2. The number of likely N-dealkylation sites (tertiary alicyclic amines) is 1. The number of hydrogen-bond acceptors (Lipinski definition) is 3. The van der Waals surface area contributed by atoms with Crippen LogP contribution in [0.25, 0.3) is 0 Å². The summed E-state index contributed by atoms with van der Waals surface area (Å²) in [7, 11) is 0. The first-order valence-corrected chi connectivity index (χ1v) is 9.66. The van der Waals surface area contributed by atoms with E-state index in [1.165, 1.54) is 24.8 Å². The van der Waals surface area contributed by atoms with Gasteiger partial charge in [-0.3, -0.25) is 14.5 Å². The van der Waals surface area contributed by atoms with Crippen LogP contribution in [0.15, 0.2) is 48.5 Å². The second kappa shape index (κ2) is 9.33. The van der Waals surface area contributed by atoms with Crippen molar-refractivity contribution in [2.45, 2.75) is 32.7 Å². The summed E-state index contributed by atoms with van der Waals surface area (Å²) in [4.78, 5) is 26.9. The molecule has 142 valence electrons. The van der Waals surface area contributed by atoms with E-state index in [2.05, 4.69) is 15.5 Å². The molecule has 1 saturated heterocycles. The second-order valence-corrected chi connectivity index (χ2v) is 6.93. The first kappa shape index (κ1) is 19.1. The van der Waals surface area contributed by atoms with Crippen LogP contribution in [-0.4, -0.2) is 36.3 Å². The Balaban J connectivity index is 1.60. The molecule has 0 radical (unpaired) electrons. The van der Waals surface area contributed by atoms with Gasteiger partial charge in [0.15, 0.2) is 0 Å². The summed E-state index contributed by atoms with van der Waals surface area (Å²) in [6, 6.07) is 14.7. The molecule has 0 atom stereocenters. The molecule has 0 spiro atoms. The fourth-order valence-electron chi connectivity index (χ4n) is 3.34. The van der Waals surface area contributed by atoms with Crippen LogP contribution >= 0.6 is 0 Å². The maximum absolute atomic E-state index is 12.5. The maximum atomic E-state index is 12.5. The standard InChI is InChI=1S/C22H27N3O2/c1-2-23-21(26)19-7-6-8-20(15-19)24-22(27)18-11-9-17(10-12-18)16-25-13-4-3-5-14-25/h6-12,15H,2-5,13-14,16H2,1H3,(H,23,26)(H,24,27). The topological polar surface area (TPSA) is 61.4 Å². The minimum absolute atomic E-state index is 0.143. The van der Waals surface area contributed by atoms with Gasteiger partial charge in [0.05, 0.1) is 0 Å². The highest BCUT2D eigenvalue weighted by Gasteiger charge is 2.12. The molecule has 0 unspecified atom stereocenters. The summed E-state index contributed by atoms with van der Waals surface area (Å²) < 4.78 is 0. The third-order valence-corrected chi connectivity index (χ3v) is 4.79. The molecule has 2 amide bonds. The predicted molar refractivity (Wildman–Crippen MR) is 108 cm³/mol. The maximum Gasteiger partial charge on any atom is 0.255 e. The zero-order valence-corrected chi connectivity index (χ0v) is 15.8. The number of hydrogen-bond donors (Lipinski definition) is 2. The average Bonchev–Trinajstić information content (AvgIpc) is 2.70. The van der Waals surface area contributed by atoms with Crippen molar-refractivity contribution >= 4 is 17.5 Å². The molecule has 0 saturated carbocycles. The van der Waals surface area contributed by atoms with Gasteiger partial charge in [-0.2, -0.15) is 0 Å². The molecule has 2 aromatic carbocycles. The van der Waals surface area contributed by atoms with E-state index in [1.54, 1.807) is 24.3 Å². The molecule has 0 bridgehead atoms. The van der Waals surface area contributed by atoms with Crippen LogP contribution in [0.3, 0.4) is 0 Å². The number of amides is 2. The SMILES string of the molecule is CCNC(=O)c1cccc(NC(=O)c2ccc(CN3CCCCC3)cc2)c1. The van der Waals surface area contributed by atoms with Crippen molar-refractivity contribution in [1.82, 2.24) is 10.2 Å². The number of nitrogens with one attached hydrogen (secondary N) is 2. The van der Waals surface area contributed by atoms with E-state index in [4.69, 9.17) is 0 Å². The Morgan fingerprint density at radius 3 is 2.37 bits per heavy atom. The minimum atomic E-state index is -0.174. The van der Waals surface area contributed by atoms with E-state index < -0.39 is 0 Å². The quantitative estimate of drug-likeness (QED) is 0.821. The molecule has 2 aromatic rings. The highest BCUT2D eigenvalue weighted by atomic mass is 16.2. The van der Waals surface area contributed by atoms with Crippen LogP contribution in [0.1, 0.15) is 52.5 Å². The summed E-state index contributed by atoms with van der Waals surface area (Å²) >= 11 is 0. The Kier molecular flexibility index (Phi) is 6.60. The van der Waals surface area contributed by atoms with Gasteiger partial charge >= 0.3 is 0 Å². The van der Waals surface area contributed by atoms with Crippen LogP contribution in [-0.2, 0) is 6.54 Å². The Morgan fingerprint density at radius 1 is 0.926 bits per heavy atom. The summed E-state index contributed by atoms with van der Waals surface area (Å²) in [5.41, 5.74) is 2.99. The van der Waals surface area contributed by atoms with Gasteiger partial charge in [0, 0.05) is 29.9 Å². The average molecular weight is 365 g/mol. The number of carbonyl (C=O) groups is 2. The van der Waals surface area contributed by atoms with Gasteiger partial charge in [-0.25, -0.2) is 0 Å². The molecular formula is C22H27N3O2. The molecule has 5 heteroatoms. The zero-order chi connectivity index (χ0) is 19.1. The van der Waals surface area contributed by atoms with Crippen LogP contribution in [0, 0.1) is 0 Å². The van der Waals surface area contributed by atoms with Gasteiger partial charge in [-0.1, -0.05) is 24.6 Å². The summed E-state index contributed by atoms with van der Waals surface area (Å²) in [5, 5.41) is 5.63. The fraction of sp³-hybridized carbons (Fsp3) is 0.364. The lowest BCUT2D eigenvalue weighted by Crippen LogP contribution is -2.29. The fourth-order valence-corrected chi connectivity index (χ4v) is 3.34. The van der Waals surface area contributed by atoms with Crippen molar-refractivity contribution in [2.24, 2.45) is 0 Å². The van der Waals surface area contributed by atoms with Gasteiger partial charge in [0.1, 0.15) is 0 Å². The molecule has 27 heavy (non-hydrogen) atoms. The van der Waals surface area contributed by atoms with E-state index in [0.717, 1.165) is 19.6 Å². The van der Waals surface area contributed by atoms with Crippen LogP contribution in [0.2, 0.25) is 0 Å². The van der Waals surface area contributed by atoms with E-state index in [1.807, 2.05) is 31.2 Å². The molecule has 0 aromatic heterocycles. The molecule has 1 heterocycles. The minimum Gasteiger partial charge on any atom is -0.352 e. The molecule has 0 aliphatic carbocycles. The van der Waals surface area contributed by atoms with Crippen molar-refractivity contribution in [1.29, 1.82) is 0 Å². The van der Waals surface area contributed by atoms with E-state index in [9.17, 15) is 9.59 Å². The molecule has 2 N–H and O–H groups in total. The summed E-state index contributed by atoms with van der Waals surface area (Å²) in [6.45, 7) is 5.70. The van der Waals surface area contributed by atoms with E-state index >= 15 is 0 Å². The van der Waals surface area contributed by atoms with Crippen LogP contribution in [0.5, 0.6) is 0 Å². The summed E-state index contributed by atoms with van der Waals surface area (Å²) in [5.74, 6) is -0.316. The smallest absolute Gasteiger partial charge is 0.255 e. The largest absolute Gasteiger partial charge is 0.352 e. The third kappa shape index (κ3) is 5.41. The predicted octanol–water partition coefficient (Wildman–Crippen LogP) is 3.67. The normalized spacial score (nSPS) is 14.6.